The lowest BCUT2D eigenvalue weighted by Gasteiger charge is -2.35. The van der Waals surface area contributed by atoms with Crippen molar-refractivity contribution in [2.45, 2.75) is 77.2 Å². The van der Waals surface area contributed by atoms with Crippen LogP contribution in [0.15, 0.2) is 103 Å². The van der Waals surface area contributed by atoms with Crippen molar-refractivity contribution in [2.75, 3.05) is 13.2 Å². The van der Waals surface area contributed by atoms with E-state index in [1.807, 2.05) is 26.8 Å². The first-order valence-electron chi connectivity index (χ1n) is 19.3. The highest BCUT2D eigenvalue weighted by molar-refractivity contribution is 6.32. The van der Waals surface area contributed by atoms with E-state index in [-0.39, 0.29) is 24.0 Å². The Hall–Kier alpha value is -6.30. The molecule has 1 aliphatic carbocycles. The number of ether oxygens (including phenoxy) is 2. The molecule has 0 bridgehead atoms. The lowest BCUT2D eigenvalue weighted by molar-refractivity contribution is -0.135. The van der Waals surface area contributed by atoms with Crippen LogP contribution in [0.4, 0.5) is 27.2 Å². The Morgan fingerprint density at radius 2 is 1.72 bits per heavy atom. The summed E-state index contributed by atoms with van der Waals surface area (Å²) in [7, 11) is 0. The lowest BCUT2D eigenvalue weighted by atomic mass is 9.75. The quantitative estimate of drug-likeness (QED) is 0.109. The molecule has 0 radical (unpaired) electrons. The largest absolute Gasteiger partial charge is 0.447 e. The molecule has 2 aliphatic rings. The van der Waals surface area contributed by atoms with E-state index in [9.17, 15) is 27.2 Å². The maximum absolute atomic E-state index is 15.6. The molecule has 3 heterocycles. The molecule has 0 saturated heterocycles. The zero-order chi connectivity index (χ0) is 43.5. The zero-order valence-electron chi connectivity index (χ0n) is 33.3. The number of hydrogen-bond donors (Lipinski definition) is 1. The average molecular weight is 864 g/mol. The van der Waals surface area contributed by atoms with Gasteiger partial charge in [0.2, 0.25) is 5.96 Å². The summed E-state index contributed by atoms with van der Waals surface area (Å²) >= 11 is 6.62. The number of aliphatic imine (C=N–C) groups is 1. The van der Waals surface area contributed by atoms with E-state index in [0.717, 1.165) is 4.90 Å². The van der Waals surface area contributed by atoms with Gasteiger partial charge in [0.15, 0.2) is 5.54 Å². The number of guanidine groups is 1. The molecule has 3 aromatic carbocycles. The standard InChI is InChI=1S/C42H42ClF4N9O5/c1-41(2,3)23-42(30-12-9-27(10-13-30)29-18-49-54(19-29)37(46)47)36(57)56(38(52-42)51-39(58)60-21-26-7-5-4-6-8-26)34(22-61-40(59)53(20-35(44)45)31-14-15-31)28-11-16-32(43)33(17-28)55-25-48-24-50-55/h4-13,16-19,24-25,31,34-35,37H,14-15,20-23H2,1-3H3,(H,51,52,58)/t34?,42-/m1/s1. The van der Waals surface area contributed by atoms with E-state index in [1.165, 1.54) is 34.6 Å². The Morgan fingerprint density at radius 3 is 2.34 bits per heavy atom. The van der Waals surface area contributed by atoms with Crippen molar-refractivity contribution in [3.05, 3.63) is 120 Å². The van der Waals surface area contributed by atoms with Gasteiger partial charge in [0.25, 0.3) is 12.3 Å². The van der Waals surface area contributed by atoms with E-state index in [1.54, 1.807) is 66.7 Å². The van der Waals surface area contributed by atoms with Crippen molar-refractivity contribution < 1.29 is 41.4 Å². The first kappa shape index (κ1) is 42.8. The molecule has 2 atom stereocenters. The summed E-state index contributed by atoms with van der Waals surface area (Å²) in [4.78, 5) is 54.0. The highest BCUT2D eigenvalue weighted by Crippen LogP contribution is 2.46. The maximum atomic E-state index is 15.6. The van der Waals surface area contributed by atoms with E-state index >= 15 is 4.79 Å². The molecule has 7 rings (SSSR count). The van der Waals surface area contributed by atoms with Crippen molar-refractivity contribution in [3.63, 3.8) is 0 Å². The number of nitrogens with one attached hydrogen (secondary N) is 1. The number of alkyl carbamates (subject to hydrolysis) is 1. The minimum absolute atomic E-state index is 0.0867. The number of rotatable bonds is 14. The van der Waals surface area contributed by atoms with Crippen molar-refractivity contribution in [2.24, 2.45) is 10.4 Å². The van der Waals surface area contributed by atoms with Crippen LogP contribution in [0.2, 0.25) is 5.02 Å². The molecular weight excluding hydrogens is 822 g/mol. The third kappa shape index (κ3) is 9.85. The minimum Gasteiger partial charge on any atom is -0.447 e. The Balaban J connectivity index is 1.33. The normalized spacial score (nSPS) is 17.1. The molecule has 1 fully saturated rings. The third-order valence-corrected chi connectivity index (χ3v) is 10.4. The first-order valence-corrected chi connectivity index (χ1v) is 19.7. The molecule has 1 N–H and O–H groups in total. The zero-order valence-corrected chi connectivity index (χ0v) is 34.1. The number of alkyl halides is 4. The summed E-state index contributed by atoms with van der Waals surface area (Å²) < 4.78 is 67.3. The number of halogens is 5. The van der Waals surface area contributed by atoms with Crippen LogP contribution in [0.1, 0.15) is 69.3 Å². The smallest absolute Gasteiger partial charge is 0.414 e. The van der Waals surface area contributed by atoms with Gasteiger partial charge in [0.05, 0.1) is 29.5 Å². The van der Waals surface area contributed by atoms with Crippen LogP contribution in [0.3, 0.4) is 0 Å². The van der Waals surface area contributed by atoms with E-state index in [4.69, 9.17) is 26.1 Å². The van der Waals surface area contributed by atoms with Crippen LogP contribution in [-0.4, -0.2) is 84.0 Å². The van der Waals surface area contributed by atoms with Gasteiger partial charge in [0, 0.05) is 17.8 Å². The van der Waals surface area contributed by atoms with Gasteiger partial charge in [-0.3, -0.25) is 19.9 Å². The topological polar surface area (TPSA) is 149 Å². The Morgan fingerprint density at radius 1 is 0.984 bits per heavy atom. The van der Waals surface area contributed by atoms with Gasteiger partial charge in [0.1, 0.15) is 25.9 Å². The highest BCUT2D eigenvalue weighted by Gasteiger charge is 2.54. The second-order valence-corrected chi connectivity index (χ2v) is 16.3. The van der Waals surface area contributed by atoms with Crippen LogP contribution >= 0.6 is 11.6 Å². The van der Waals surface area contributed by atoms with Gasteiger partial charge in [-0.25, -0.2) is 37.7 Å². The lowest BCUT2D eigenvalue weighted by Crippen LogP contribution is -2.50. The molecule has 14 nitrogen and oxygen atoms in total. The first-order chi connectivity index (χ1) is 29.1. The predicted molar refractivity (Wildman–Crippen MR) is 215 cm³/mol. The molecule has 0 spiro atoms. The number of carbonyl (C=O) groups is 3. The van der Waals surface area contributed by atoms with Crippen LogP contribution in [0.5, 0.6) is 0 Å². The molecule has 1 saturated carbocycles. The molecule has 320 valence electrons. The van der Waals surface area contributed by atoms with E-state index in [0.29, 0.717) is 51.0 Å². The van der Waals surface area contributed by atoms with Gasteiger partial charge in [-0.2, -0.15) is 19.0 Å². The monoisotopic (exact) mass is 863 g/mol. The van der Waals surface area contributed by atoms with Crippen molar-refractivity contribution in [3.8, 4) is 16.8 Å². The summed E-state index contributed by atoms with van der Waals surface area (Å²) in [5, 5.41) is 10.8. The molecule has 3 amide bonds. The van der Waals surface area contributed by atoms with Crippen LogP contribution < -0.4 is 5.32 Å². The molecule has 19 heteroatoms. The maximum Gasteiger partial charge on any atom is 0.414 e. The predicted octanol–water partition coefficient (Wildman–Crippen LogP) is 8.54. The highest BCUT2D eigenvalue weighted by atomic mass is 35.5. The summed E-state index contributed by atoms with van der Waals surface area (Å²) in [5.74, 6) is -0.886. The average Bonchev–Trinajstić information content (AvgIpc) is 3.56. The molecule has 5 aromatic rings. The van der Waals surface area contributed by atoms with Gasteiger partial charge in [-0.1, -0.05) is 93.0 Å². The van der Waals surface area contributed by atoms with E-state index < -0.39 is 67.3 Å². The molecule has 1 aliphatic heterocycles. The Bertz CT molecular complexity index is 2370. The fraction of sp³-hybridized carbons (Fsp3) is 0.357. The van der Waals surface area contributed by atoms with Gasteiger partial charge in [-0.15, -0.1) is 0 Å². The summed E-state index contributed by atoms with van der Waals surface area (Å²) in [6, 6.07) is 18.6. The van der Waals surface area contributed by atoms with Crippen LogP contribution in [-0.2, 0) is 26.4 Å². The minimum atomic E-state index is -2.84. The third-order valence-electron chi connectivity index (χ3n) is 10.1. The molecule has 2 aromatic heterocycles. The fourth-order valence-electron chi connectivity index (χ4n) is 7.22. The summed E-state index contributed by atoms with van der Waals surface area (Å²) in [6.45, 7) is 1.35. The Kier molecular flexibility index (Phi) is 12.4. The molecule has 1 unspecified atom stereocenters. The number of amides is 3. The second-order valence-electron chi connectivity index (χ2n) is 15.9. The van der Waals surface area contributed by atoms with Crippen molar-refractivity contribution in [1.29, 1.82) is 0 Å². The Labute approximate surface area is 353 Å². The van der Waals surface area contributed by atoms with E-state index in [2.05, 4.69) is 20.5 Å². The van der Waals surface area contributed by atoms with Gasteiger partial charge < -0.3 is 9.47 Å². The molecule has 61 heavy (non-hydrogen) atoms. The number of nitrogens with zero attached hydrogens (tertiary/aromatic N) is 8. The molecular formula is C42H42ClF4N9O5. The van der Waals surface area contributed by atoms with Crippen molar-refractivity contribution >= 4 is 35.7 Å². The van der Waals surface area contributed by atoms with Crippen molar-refractivity contribution in [1.82, 2.24) is 39.7 Å². The summed E-state index contributed by atoms with van der Waals surface area (Å²) in [5.41, 5.74) is 0.387. The summed E-state index contributed by atoms with van der Waals surface area (Å²) in [6.07, 6.45) is 1.57. The number of hydrogen-bond acceptors (Lipinski definition) is 9. The number of carbonyl (C=O) groups excluding carboxylic acids is 3. The van der Waals surface area contributed by atoms with Crippen LogP contribution in [0, 0.1) is 5.41 Å². The van der Waals surface area contributed by atoms with Crippen LogP contribution in [0.25, 0.3) is 16.8 Å². The number of aromatic nitrogens is 5. The van der Waals surface area contributed by atoms with Gasteiger partial charge in [-0.05, 0) is 59.1 Å². The second kappa shape index (κ2) is 17.7. The number of benzene rings is 3. The SMILES string of the molecule is CC(C)(C)C[C@]1(c2ccc(-c3cnn(C(F)F)c3)cc2)N=C(NC(=O)OCc2ccccc2)N(C(COC(=O)N(CC(F)F)C2CC2)c2ccc(Cl)c(-n3cncn3)c2)C1=O. The fourth-order valence-corrected chi connectivity index (χ4v) is 7.42. The van der Waals surface area contributed by atoms with Gasteiger partial charge >= 0.3 is 18.7 Å².